The monoisotopic (exact) mass is 585 g/mol. The van der Waals surface area contributed by atoms with E-state index >= 15 is 0 Å². The molecule has 1 aliphatic heterocycles. The van der Waals surface area contributed by atoms with Gasteiger partial charge < -0.3 is 25.2 Å². The molecule has 11 heteroatoms. The van der Waals surface area contributed by atoms with Crippen LogP contribution in [0.25, 0.3) is 11.3 Å². The van der Waals surface area contributed by atoms with Crippen molar-refractivity contribution in [1.29, 1.82) is 0 Å². The van der Waals surface area contributed by atoms with Crippen molar-refractivity contribution >= 4 is 11.8 Å². The smallest absolute Gasteiger partial charge is 0.251 e. The number of aliphatic hydroxyl groups is 1. The minimum absolute atomic E-state index is 0.0401. The quantitative estimate of drug-likeness (QED) is 0.318. The second-order valence-corrected chi connectivity index (χ2v) is 11.6. The van der Waals surface area contributed by atoms with Gasteiger partial charge in [0.25, 0.3) is 5.91 Å². The summed E-state index contributed by atoms with van der Waals surface area (Å²) < 4.78 is 45.8. The number of nitrogens with zero attached hydrogens (tertiary/aromatic N) is 3. The summed E-state index contributed by atoms with van der Waals surface area (Å²) in [5, 5.41) is 16.1. The van der Waals surface area contributed by atoms with Crippen LogP contribution < -0.4 is 10.6 Å². The Morgan fingerprint density at radius 3 is 2.52 bits per heavy atom. The van der Waals surface area contributed by atoms with Gasteiger partial charge in [0.15, 0.2) is 0 Å². The van der Waals surface area contributed by atoms with E-state index in [-0.39, 0.29) is 43.2 Å². The largest absolute Gasteiger partial charge is 0.384 e. The Morgan fingerprint density at radius 2 is 1.90 bits per heavy atom. The van der Waals surface area contributed by atoms with Gasteiger partial charge in [-0.3, -0.25) is 9.59 Å². The van der Waals surface area contributed by atoms with Crippen molar-refractivity contribution in [2.45, 2.75) is 52.1 Å². The Balaban J connectivity index is 1.95. The number of imidazole rings is 1. The summed E-state index contributed by atoms with van der Waals surface area (Å²) in [7, 11) is 1.51. The van der Waals surface area contributed by atoms with Gasteiger partial charge in [0.1, 0.15) is 29.7 Å². The number of hydrogen-bond acceptors (Lipinski definition) is 5. The molecule has 0 saturated carbocycles. The number of carbonyl (C=O) groups excluding carboxylic acids is 2. The fraction of sp³-hybridized carbons (Fsp3) is 0.452. The average Bonchev–Trinajstić information content (AvgIpc) is 3.54. The van der Waals surface area contributed by atoms with Gasteiger partial charge in [-0.05, 0) is 30.7 Å². The molecule has 4 atom stereocenters. The van der Waals surface area contributed by atoms with Crippen molar-refractivity contribution in [3.05, 3.63) is 77.8 Å². The van der Waals surface area contributed by atoms with E-state index in [0.717, 1.165) is 23.8 Å². The van der Waals surface area contributed by atoms with Crippen molar-refractivity contribution in [3.8, 4) is 11.3 Å². The zero-order valence-corrected chi connectivity index (χ0v) is 24.3. The molecule has 2 unspecified atom stereocenters. The summed E-state index contributed by atoms with van der Waals surface area (Å²) in [6.45, 7) is 5.59. The second kappa shape index (κ2) is 13.1. The first kappa shape index (κ1) is 31.2. The molecule has 2 aromatic carbocycles. The number of rotatable bonds is 11. The number of benzene rings is 2. The molecule has 0 bridgehead atoms. The van der Waals surface area contributed by atoms with Crippen LogP contribution in [0, 0.1) is 23.0 Å². The summed E-state index contributed by atoms with van der Waals surface area (Å²) in [5.74, 6) is -2.54. The number of nitrogens with one attached hydrogen (secondary N) is 2. The molecule has 1 fully saturated rings. The van der Waals surface area contributed by atoms with Crippen LogP contribution >= 0.6 is 0 Å². The predicted octanol–water partition coefficient (Wildman–Crippen LogP) is 3.85. The van der Waals surface area contributed by atoms with Gasteiger partial charge in [-0.2, -0.15) is 0 Å². The van der Waals surface area contributed by atoms with Crippen molar-refractivity contribution in [2.24, 2.45) is 11.3 Å². The maximum Gasteiger partial charge on any atom is 0.251 e. The van der Waals surface area contributed by atoms with Gasteiger partial charge in [0.2, 0.25) is 5.91 Å². The highest BCUT2D eigenvalue weighted by atomic mass is 19.1. The standard InChI is InChI=1S/C31H38F3N5O3/c1-19(40)30(42)39(17-21-14-36-15-25(21)34)28(31(2,3)13-27(41)35-4)29-37-26(23-12-22(32)10-11-24(23)33)18-38(29)16-20-8-6-5-7-9-20/h5-12,18-19,21,25,28,36,40H,13-17H2,1-4H3,(H,35,41)/t19?,21-,25-,28?/m0/s1. The van der Waals surface area contributed by atoms with E-state index in [1.165, 1.54) is 18.9 Å². The van der Waals surface area contributed by atoms with E-state index in [2.05, 4.69) is 10.6 Å². The van der Waals surface area contributed by atoms with E-state index in [9.17, 15) is 27.9 Å². The molecule has 0 spiro atoms. The van der Waals surface area contributed by atoms with Crippen LogP contribution in [-0.4, -0.2) is 70.3 Å². The van der Waals surface area contributed by atoms with E-state index in [1.807, 2.05) is 30.3 Å². The summed E-state index contributed by atoms with van der Waals surface area (Å²) >= 11 is 0. The molecule has 4 rings (SSSR count). The molecule has 2 amide bonds. The maximum atomic E-state index is 15.0. The van der Waals surface area contributed by atoms with Crippen LogP contribution in [0.4, 0.5) is 13.2 Å². The van der Waals surface area contributed by atoms with Gasteiger partial charge in [0.05, 0.1) is 11.7 Å². The molecule has 0 radical (unpaired) electrons. The summed E-state index contributed by atoms with van der Waals surface area (Å²) in [6.07, 6.45) is -1.10. The lowest BCUT2D eigenvalue weighted by Crippen LogP contribution is -2.50. The molecule has 1 aliphatic rings. The van der Waals surface area contributed by atoms with Crippen LogP contribution in [0.5, 0.6) is 0 Å². The van der Waals surface area contributed by atoms with Gasteiger partial charge in [-0.15, -0.1) is 0 Å². The normalized spacial score (nSPS) is 18.5. The molecule has 42 heavy (non-hydrogen) atoms. The van der Waals surface area contributed by atoms with Crippen LogP contribution in [0.3, 0.4) is 0 Å². The Labute approximate surface area is 243 Å². The summed E-state index contributed by atoms with van der Waals surface area (Å²) in [6, 6.07) is 11.5. The van der Waals surface area contributed by atoms with Crippen molar-refractivity contribution in [3.63, 3.8) is 0 Å². The van der Waals surface area contributed by atoms with Crippen LogP contribution in [-0.2, 0) is 16.1 Å². The molecule has 1 saturated heterocycles. The highest BCUT2D eigenvalue weighted by molar-refractivity contribution is 5.81. The maximum absolute atomic E-state index is 15.0. The topological polar surface area (TPSA) is 99.5 Å². The Bertz CT molecular complexity index is 1400. The minimum Gasteiger partial charge on any atom is -0.384 e. The number of carbonyl (C=O) groups is 2. The first-order valence-electron chi connectivity index (χ1n) is 14.0. The number of aliphatic hydroxyl groups excluding tert-OH is 1. The third-order valence-corrected chi connectivity index (χ3v) is 7.73. The summed E-state index contributed by atoms with van der Waals surface area (Å²) in [4.78, 5) is 32.6. The summed E-state index contributed by atoms with van der Waals surface area (Å²) in [5.41, 5.74) is -0.0559. The molecule has 226 valence electrons. The fourth-order valence-corrected chi connectivity index (χ4v) is 5.58. The van der Waals surface area contributed by atoms with E-state index in [0.29, 0.717) is 12.4 Å². The predicted molar refractivity (Wildman–Crippen MR) is 153 cm³/mol. The molecule has 1 aromatic heterocycles. The molecular formula is C31H38F3N5O3. The number of amides is 2. The Kier molecular flexibility index (Phi) is 9.73. The first-order chi connectivity index (χ1) is 19.9. The number of aromatic nitrogens is 2. The first-order valence-corrected chi connectivity index (χ1v) is 14.0. The molecule has 8 nitrogen and oxygen atoms in total. The van der Waals surface area contributed by atoms with Crippen molar-refractivity contribution in [2.75, 3.05) is 26.7 Å². The van der Waals surface area contributed by atoms with Crippen molar-refractivity contribution in [1.82, 2.24) is 25.1 Å². The van der Waals surface area contributed by atoms with Crippen molar-refractivity contribution < 1.29 is 27.9 Å². The van der Waals surface area contributed by atoms with E-state index in [1.54, 1.807) is 24.6 Å². The average molecular weight is 586 g/mol. The van der Waals surface area contributed by atoms with Gasteiger partial charge in [-0.1, -0.05) is 44.2 Å². The van der Waals surface area contributed by atoms with Crippen LogP contribution in [0.1, 0.15) is 44.6 Å². The second-order valence-electron chi connectivity index (χ2n) is 11.6. The van der Waals surface area contributed by atoms with Crippen LogP contribution in [0.2, 0.25) is 0 Å². The fourth-order valence-electron chi connectivity index (χ4n) is 5.58. The Morgan fingerprint density at radius 1 is 1.19 bits per heavy atom. The molecule has 2 heterocycles. The van der Waals surface area contributed by atoms with Gasteiger partial charge in [0, 0.05) is 62.7 Å². The zero-order valence-electron chi connectivity index (χ0n) is 24.3. The highest BCUT2D eigenvalue weighted by Gasteiger charge is 2.45. The third-order valence-electron chi connectivity index (χ3n) is 7.73. The SMILES string of the molecule is CNC(=O)CC(C)(C)C(c1nc(-c2cc(F)ccc2F)cn1Cc1ccccc1)N(C[C@@H]1CNC[C@@H]1F)C(=O)C(C)O. The highest BCUT2D eigenvalue weighted by Crippen LogP contribution is 2.43. The van der Waals surface area contributed by atoms with E-state index in [4.69, 9.17) is 4.98 Å². The van der Waals surface area contributed by atoms with Crippen LogP contribution in [0.15, 0.2) is 54.7 Å². The lowest BCUT2D eigenvalue weighted by atomic mass is 9.78. The third kappa shape index (κ3) is 7.01. The zero-order chi connectivity index (χ0) is 30.6. The Hall–Kier alpha value is -3.70. The van der Waals surface area contributed by atoms with E-state index < -0.39 is 47.2 Å². The lowest BCUT2D eigenvalue weighted by molar-refractivity contribution is -0.147. The molecule has 3 aromatic rings. The molecule has 3 N–H and O–H groups in total. The number of alkyl halides is 1. The lowest BCUT2D eigenvalue weighted by Gasteiger charge is -2.43. The molecule has 0 aliphatic carbocycles. The van der Waals surface area contributed by atoms with Gasteiger partial charge >= 0.3 is 0 Å². The molecular weight excluding hydrogens is 547 g/mol. The number of hydrogen-bond donors (Lipinski definition) is 3. The number of halogens is 3. The van der Waals surface area contributed by atoms with Gasteiger partial charge in [-0.25, -0.2) is 18.2 Å². The minimum atomic E-state index is -1.42.